The van der Waals surface area contributed by atoms with E-state index < -0.39 is 10.4 Å². The maximum atomic E-state index is 10.3. The summed E-state index contributed by atoms with van der Waals surface area (Å²) in [4.78, 5) is 4.40. The van der Waals surface area contributed by atoms with Gasteiger partial charge >= 0.3 is 10.4 Å². The van der Waals surface area contributed by atoms with Crippen molar-refractivity contribution >= 4 is 10.4 Å². The number of rotatable bonds is 24. The van der Waals surface area contributed by atoms with Gasteiger partial charge in [0.15, 0.2) is 0 Å². The predicted octanol–water partition coefficient (Wildman–Crippen LogP) is 7.95. The first-order valence-electron chi connectivity index (χ1n) is 12.3. The molecule has 0 saturated heterocycles. The van der Waals surface area contributed by atoms with Gasteiger partial charge in [0.2, 0.25) is 0 Å². The number of unbranched alkanes of at least 4 members (excludes halogenated alkanes) is 20. The zero-order valence-corrected chi connectivity index (χ0v) is 19.9. The standard InChI is InChI=1S/C23H48O5S/c1-2-3-4-5-6-7-8-9-10-11-12-13-14-15-16-17-18-19-20-21-22-23-27-28-29(24,25)26/h2-23H2,1H3,(H,24,25,26). The summed E-state index contributed by atoms with van der Waals surface area (Å²) in [5.41, 5.74) is 0. The van der Waals surface area contributed by atoms with E-state index in [0.29, 0.717) is 0 Å². The van der Waals surface area contributed by atoms with Gasteiger partial charge in [-0.3, -0.25) is 4.55 Å². The Morgan fingerprint density at radius 1 is 0.517 bits per heavy atom. The smallest absolute Gasteiger partial charge is 0.262 e. The summed E-state index contributed by atoms with van der Waals surface area (Å²) in [6.07, 6.45) is 27.9. The van der Waals surface area contributed by atoms with Gasteiger partial charge < -0.3 is 0 Å². The molecule has 0 fully saturated rings. The van der Waals surface area contributed by atoms with E-state index in [4.69, 9.17) is 4.55 Å². The third kappa shape index (κ3) is 27.8. The number of hydrogen-bond acceptors (Lipinski definition) is 4. The summed E-state index contributed by atoms with van der Waals surface area (Å²) in [6, 6.07) is 0. The highest BCUT2D eigenvalue weighted by Gasteiger charge is 2.04. The molecule has 0 aromatic heterocycles. The topological polar surface area (TPSA) is 72.8 Å². The summed E-state index contributed by atoms with van der Waals surface area (Å²) in [6.45, 7) is 2.47. The van der Waals surface area contributed by atoms with Crippen molar-refractivity contribution in [2.45, 2.75) is 142 Å². The first kappa shape index (κ1) is 28.8. The molecule has 0 aliphatic heterocycles. The molecule has 0 atom stereocenters. The lowest BCUT2D eigenvalue weighted by Crippen LogP contribution is -2.05. The van der Waals surface area contributed by atoms with Gasteiger partial charge in [-0.15, -0.1) is 0 Å². The average molecular weight is 437 g/mol. The number of hydrogen-bond donors (Lipinski definition) is 1. The molecular weight excluding hydrogens is 388 g/mol. The molecule has 0 radical (unpaired) electrons. The maximum Gasteiger partial charge on any atom is 0.424 e. The van der Waals surface area contributed by atoms with Gasteiger partial charge in [-0.1, -0.05) is 140 Å². The van der Waals surface area contributed by atoms with Crippen molar-refractivity contribution in [3.05, 3.63) is 0 Å². The summed E-state index contributed by atoms with van der Waals surface area (Å²) in [5, 5.41) is 0. The molecule has 0 aliphatic carbocycles. The van der Waals surface area contributed by atoms with Crippen LogP contribution < -0.4 is 0 Å². The molecule has 0 spiro atoms. The van der Waals surface area contributed by atoms with Crippen LogP contribution in [0.4, 0.5) is 0 Å². The third-order valence-electron chi connectivity index (χ3n) is 5.47. The molecule has 0 aliphatic rings. The molecule has 0 aromatic rings. The molecule has 0 bridgehead atoms. The highest BCUT2D eigenvalue weighted by molar-refractivity contribution is 7.80. The fourth-order valence-electron chi connectivity index (χ4n) is 3.69. The van der Waals surface area contributed by atoms with Crippen LogP contribution in [0.3, 0.4) is 0 Å². The fourth-order valence-corrected chi connectivity index (χ4v) is 3.88. The van der Waals surface area contributed by atoms with Crippen molar-refractivity contribution in [3.63, 3.8) is 0 Å². The second-order valence-corrected chi connectivity index (χ2v) is 9.38. The first-order chi connectivity index (χ1) is 14.1. The normalized spacial score (nSPS) is 11.9. The monoisotopic (exact) mass is 436 g/mol. The fraction of sp³-hybridized carbons (Fsp3) is 1.00. The lowest BCUT2D eigenvalue weighted by atomic mass is 10.0. The second kappa shape index (κ2) is 22.5. The third-order valence-corrected chi connectivity index (χ3v) is 5.73. The molecule has 6 heteroatoms. The first-order valence-corrected chi connectivity index (χ1v) is 13.7. The molecule has 176 valence electrons. The zero-order valence-electron chi connectivity index (χ0n) is 19.0. The Bertz CT molecular complexity index is 411. The molecule has 0 rings (SSSR count). The van der Waals surface area contributed by atoms with Crippen molar-refractivity contribution < 1.29 is 22.2 Å². The minimum absolute atomic E-state index is 0.193. The average Bonchev–Trinajstić information content (AvgIpc) is 2.67. The van der Waals surface area contributed by atoms with Crippen molar-refractivity contribution in [1.29, 1.82) is 0 Å². The van der Waals surface area contributed by atoms with E-state index in [2.05, 4.69) is 16.1 Å². The van der Waals surface area contributed by atoms with E-state index in [0.717, 1.165) is 19.3 Å². The maximum absolute atomic E-state index is 10.3. The van der Waals surface area contributed by atoms with Crippen LogP contribution in [-0.2, 0) is 19.6 Å². The van der Waals surface area contributed by atoms with Crippen molar-refractivity contribution in [2.75, 3.05) is 6.61 Å². The lowest BCUT2D eigenvalue weighted by Gasteiger charge is -2.04. The SMILES string of the molecule is CCCCCCCCCCCCCCCCCCCCCCCOOS(=O)(=O)O. The lowest BCUT2D eigenvalue weighted by molar-refractivity contribution is -0.208. The van der Waals surface area contributed by atoms with Crippen LogP contribution in [0.5, 0.6) is 0 Å². The molecule has 0 aromatic carbocycles. The van der Waals surface area contributed by atoms with Crippen LogP contribution in [0.2, 0.25) is 0 Å². The van der Waals surface area contributed by atoms with Crippen molar-refractivity contribution in [3.8, 4) is 0 Å². The van der Waals surface area contributed by atoms with Gasteiger partial charge in [-0.2, -0.15) is 8.42 Å². The van der Waals surface area contributed by atoms with Gasteiger partial charge in [0, 0.05) is 0 Å². The quantitative estimate of drug-likeness (QED) is 0.0719. The zero-order chi connectivity index (χ0) is 21.5. The minimum atomic E-state index is -4.47. The molecule has 0 heterocycles. The summed E-state index contributed by atoms with van der Waals surface area (Å²) >= 11 is 0. The largest absolute Gasteiger partial charge is 0.424 e. The van der Waals surface area contributed by atoms with Crippen LogP contribution in [0, 0.1) is 0 Å². The van der Waals surface area contributed by atoms with Crippen LogP contribution >= 0.6 is 0 Å². The van der Waals surface area contributed by atoms with E-state index >= 15 is 0 Å². The van der Waals surface area contributed by atoms with Gasteiger partial charge in [-0.05, 0) is 6.42 Å². The molecule has 29 heavy (non-hydrogen) atoms. The highest BCUT2D eigenvalue weighted by atomic mass is 32.3. The van der Waals surface area contributed by atoms with E-state index in [-0.39, 0.29) is 6.61 Å². The second-order valence-electron chi connectivity index (χ2n) is 8.39. The molecule has 0 saturated carbocycles. The molecule has 5 nitrogen and oxygen atoms in total. The van der Waals surface area contributed by atoms with Crippen LogP contribution in [-0.4, -0.2) is 19.6 Å². The van der Waals surface area contributed by atoms with Crippen molar-refractivity contribution in [1.82, 2.24) is 0 Å². The molecular formula is C23H48O5S. The van der Waals surface area contributed by atoms with E-state index in [1.807, 2.05) is 0 Å². The van der Waals surface area contributed by atoms with Crippen LogP contribution in [0.15, 0.2) is 0 Å². The predicted molar refractivity (Wildman–Crippen MR) is 121 cm³/mol. The van der Waals surface area contributed by atoms with Gasteiger partial charge in [0.1, 0.15) is 0 Å². The van der Waals surface area contributed by atoms with Gasteiger partial charge in [-0.25, -0.2) is 4.89 Å². The van der Waals surface area contributed by atoms with Crippen LogP contribution in [0.1, 0.15) is 142 Å². The summed E-state index contributed by atoms with van der Waals surface area (Å²) in [5.74, 6) is 0. The summed E-state index contributed by atoms with van der Waals surface area (Å²) in [7, 11) is -4.47. The van der Waals surface area contributed by atoms with E-state index in [1.54, 1.807) is 0 Å². The Kier molecular flexibility index (Phi) is 22.4. The Morgan fingerprint density at radius 2 is 0.793 bits per heavy atom. The van der Waals surface area contributed by atoms with Gasteiger partial charge in [0.25, 0.3) is 0 Å². The Hall–Kier alpha value is -0.170. The Labute approximate surface area is 181 Å². The highest BCUT2D eigenvalue weighted by Crippen LogP contribution is 2.15. The van der Waals surface area contributed by atoms with Crippen LogP contribution in [0.25, 0.3) is 0 Å². The van der Waals surface area contributed by atoms with E-state index in [9.17, 15) is 8.42 Å². The molecule has 0 unspecified atom stereocenters. The van der Waals surface area contributed by atoms with Crippen molar-refractivity contribution in [2.24, 2.45) is 0 Å². The van der Waals surface area contributed by atoms with Gasteiger partial charge in [0.05, 0.1) is 6.61 Å². The van der Waals surface area contributed by atoms with E-state index in [1.165, 1.54) is 116 Å². The Balaban J connectivity index is 3.03. The Morgan fingerprint density at radius 3 is 1.07 bits per heavy atom. The molecule has 1 N–H and O–H groups in total. The molecule has 0 amide bonds. The minimum Gasteiger partial charge on any atom is -0.262 e. The summed E-state index contributed by atoms with van der Waals surface area (Å²) < 4.78 is 32.6.